The van der Waals surface area contributed by atoms with Crippen molar-refractivity contribution in [1.82, 2.24) is 14.0 Å². The van der Waals surface area contributed by atoms with Crippen molar-refractivity contribution in [3.8, 4) is 0 Å². The number of rotatable bonds is 9. The molecule has 0 aromatic carbocycles. The molecule has 0 unspecified atom stereocenters. The Bertz CT molecular complexity index is 1510. The number of esters is 1. The molecule has 0 aliphatic heterocycles. The predicted octanol–water partition coefficient (Wildman–Crippen LogP) is 3.62. The van der Waals surface area contributed by atoms with Crippen LogP contribution in [0.4, 0.5) is 0 Å². The van der Waals surface area contributed by atoms with Crippen LogP contribution >= 0.6 is 15.9 Å². The third kappa shape index (κ3) is 5.95. The fourth-order valence-corrected chi connectivity index (χ4v) is 3.95. The number of amides is 1. The second-order valence-electron chi connectivity index (χ2n) is 7.70. The van der Waals surface area contributed by atoms with Crippen molar-refractivity contribution in [2.45, 2.75) is 26.8 Å². The van der Waals surface area contributed by atoms with Crippen molar-refractivity contribution >= 4 is 44.5 Å². The van der Waals surface area contributed by atoms with E-state index in [9.17, 15) is 14.4 Å². The normalized spacial score (nSPS) is 12.6. The van der Waals surface area contributed by atoms with E-state index in [0.717, 1.165) is 5.56 Å². The number of fused-ring (bicyclic) bond motifs is 2. The van der Waals surface area contributed by atoms with Crippen LogP contribution in [0, 0.1) is 6.92 Å². The summed E-state index contributed by atoms with van der Waals surface area (Å²) in [6, 6.07) is 4.99. The Kier molecular flexibility index (Phi) is 9.26. The molecule has 36 heavy (non-hydrogen) atoms. The van der Waals surface area contributed by atoms with Crippen LogP contribution in [0.2, 0.25) is 0 Å². The fourth-order valence-electron chi connectivity index (χ4n) is 3.56. The zero-order valence-corrected chi connectivity index (χ0v) is 21.9. The van der Waals surface area contributed by atoms with Crippen molar-refractivity contribution in [2.75, 3.05) is 20.3 Å². The third-order valence-electron chi connectivity index (χ3n) is 5.19. The van der Waals surface area contributed by atoms with Gasteiger partial charge in [0, 0.05) is 24.3 Å². The molecular weight excluding hydrogens is 528 g/mol. The zero-order chi connectivity index (χ0) is 26.2. The SMILES string of the molecule is C=CC=CC=C(Br)CC(=O)N=c1c(C(=O)OCC)cc2c(=O)n3cccc(C)c3nc2n1CCOC. The highest BCUT2D eigenvalue weighted by molar-refractivity contribution is 9.11. The average molecular weight is 555 g/mol. The maximum atomic E-state index is 13.4. The molecule has 9 nitrogen and oxygen atoms in total. The summed E-state index contributed by atoms with van der Waals surface area (Å²) in [6.07, 6.45) is 8.35. The second kappa shape index (κ2) is 12.4. The molecule has 3 heterocycles. The lowest BCUT2D eigenvalue weighted by Gasteiger charge is -2.15. The lowest BCUT2D eigenvalue weighted by molar-refractivity contribution is -0.117. The summed E-state index contributed by atoms with van der Waals surface area (Å²) in [5, 5.41) is 0.194. The van der Waals surface area contributed by atoms with Crippen LogP contribution in [-0.2, 0) is 20.8 Å². The van der Waals surface area contributed by atoms with Crippen molar-refractivity contribution in [3.05, 3.63) is 86.7 Å². The average Bonchev–Trinajstić information content (AvgIpc) is 2.84. The van der Waals surface area contributed by atoms with Gasteiger partial charge in [-0.15, -0.1) is 0 Å². The smallest absolute Gasteiger partial charge is 0.341 e. The predicted molar refractivity (Wildman–Crippen MR) is 141 cm³/mol. The van der Waals surface area contributed by atoms with E-state index >= 15 is 0 Å². The summed E-state index contributed by atoms with van der Waals surface area (Å²) >= 11 is 3.36. The number of allylic oxidation sites excluding steroid dienone is 4. The van der Waals surface area contributed by atoms with Gasteiger partial charge >= 0.3 is 5.97 Å². The van der Waals surface area contributed by atoms with Crippen LogP contribution in [0.3, 0.4) is 0 Å². The van der Waals surface area contributed by atoms with Crippen molar-refractivity contribution in [1.29, 1.82) is 0 Å². The highest BCUT2D eigenvalue weighted by Crippen LogP contribution is 2.15. The van der Waals surface area contributed by atoms with Crippen LogP contribution in [0.15, 0.2) is 69.5 Å². The number of carbonyl (C=O) groups is 2. The standard InChI is InChI=1S/C26H27BrN4O5/c1-5-7-8-11-18(27)15-21(32)28-24-20(26(34)36-6-2)16-19-23(30(24)13-14-35-4)29-22-17(3)10-9-12-31(22)25(19)33/h5,7-12,16H,1,6,13-15H2,2-4H3. The number of carbonyl (C=O) groups excluding carboxylic acids is 2. The van der Waals surface area contributed by atoms with Gasteiger partial charge in [-0.05, 0) is 31.5 Å². The number of hydrogen-bond donors (Lipinski definition) is 0. The van der Waals surface area contributed by atoms with Gasteiger partial charge in [0.05, 0.1) is 25.0 Å². The molecule has 3 aromatic rings. The molecule has 0 aliphatic rings. The molecule has 188 valence electrons. The van der Waals surface area contributed by atoms with Gasteiger partial charge in [0.2, 0.25) is 0 Å². The van der Waals surface area contributed by atoms with Gasteiger partial charge < -0.3 is 14.0 Å². The minimum Gasteiger partial charge on any atom is -0.462 e. The Morgan fingerprint density at radius 1 is 1.28 bits per heavy atom. The molecule has 0 spiro atoms. The van der Waals surface area contributed by atoms with Crippen LogP contribution in [-0.4, -0.2) is 46.2 Å². The first kappa shape index (κ1) is 27.0. The molecule has 0 saturated heterocycles. The number of hydrogen-bond acceptors (Lipinski definition) is 6. The van der Waals surface area contributed by atoms with Crippen LogP contribution in [0.1, 0.15) is 29.3 Å². The lowest BCUT2D eigenvalue weighted by Crippen LogP contribution is -2.33. The Morgan fingerprint density at radius 2 is 2.06 bits per heavy atom. The Hall–Kier alpha value is -3.63. The second-order valence-corrected chi connectivity index (χ2v) is 8.72. The van der Waals surface area contributed by atoms with Gasteiger partial charge in [-0.3, -0.25) is 14.0 Å². The van der Waals surface area contributed by atoms with Crippen molar-refractivity contribution in [2.24, 2.45) is 4.99 Å². The largest absolute Gasteiger partial charge is 0.462 e. The molecule has 0 fully saturated rings. The summed E-state index contributed by atoms with van der Waals surface area (Å²) in [5.41, 5.74) is 1.23. The first-order valence-electron chi connectivity index (χ1n) is 11.2. The van der Waals surface area contributed by atoms with E-state index in [1.165, 1.54) is 17.6 Å². The molecule has 0 aliphatic carbocycles. The van der Waals surface area contributed by atoms with E-state index in [2.05, 4.69) is 27.5 Å². The van der Waals surface area contributed by atoms with E-state index in [1.807, 2.05) is 13.0 Å². The van der Waals surface area contributed by atoms with Gasteiger partial charge in [0.1, 0.15) is 16.9 Å². The molecule has 0 radical (unpaired) electrons. The highest BCUT2D eigenvalue weighted by Gasteiger charge is 2.20. The quantitative estimate of drug-likeness (QED) is 0.227. The molecule has 3 rings (SSSR count). The number of aryl methyl sites for hydroxylation is 1. The van der Waals surface area contributed by atoms with Gasteiger partial charge in [0.15, 0.2) is 5.49 Å². The minimum absolute atomic E-state index is 0.00744. The number of ether oxygens (including phenoxy) is 2. The van der Waals surface area contributed by atoms with Crippen LogP contribution in [0.5, 0.6) is 0 Å². The Labute approximate surface area is 216 Å². The number of pyridine rings is 2. The number of aromatic nitrogens is 3. The molecule has 10 heteroatoms. The van der Waals surface area contributed by atoms with E-state index < -0.39 is 11.9 Å². The minimum atomic E-state index is -0.700. The van der Waals surface area contributed by atoms with Gasteiger partial charge in [-0.25, -0.2) is 9.78 Å². The maximum absolute atomic E-state index is 13.4. The maximum Gasteiger partial charge on any atom is 0.341 e. The van der Waals surface area contributed by atoms with Gasteiger partial charge in [0.25, 0.3) is 11.5 Å². The first-order chi connectivity index (χ1) is 17.3. The summed E-state index contributed by atoms with van der Waals surface area (Å²) in [4.78, 5) is 48.3. The molecule has 0 N–H and O–H groups in total. The molecular formula is C26H27BrN4O5. The Balaban J connectivity index is 2.37. The molecule has 0 bridgehead atoms. The van der Waals surface area contributed by atoms with Gasteiger partial charge in [-0.2, -0.15) is 4.99 Å². The van der Waals surface area contributed by atoms with Crippen LogP contribution < -0.4 is 11.0 Å². The molecule has 1 amide bonds. The Morgan fingerprint density at radius 3 is 2.75 bits per heavy atom. The summed E-state index contributed by atoms with van der Waals surface area (Å²) in [7, 11) is 1.53. The summed E-state index contributed by atoms with van der Waals surface area (Å²) < 4.78 is 14.1. The number of nitrogens with zero attached hydrogens (tertiary/aromatic N) is 4. The van der Waals surface area contributed by atoms with E-state index in [4.69, 9.17) is 14.5 Å². The van der Waals surface area contributed by atoms with Crippen molar-refractivity contribution in [3.63, 3.8) is 0 Å². The van der Waals surface area contributed by atoms with E-state index in [0.29, 0.717) is 10.1 Å². The molecule has 0 saturated carbocycles. The summed E-state index contributed by atoms with van der Waals surface area (Å²) in [5.74, 6) is -1.20. The number of methoxy groups -OCH3 is 1. The van der Waals surface area contributed by atoms with E-state index in [-0.39, 0.29) is 53.8 Å². The first-order valence-corrected chi connectivity index (χ1v) is 12.0. The monoisotopic (exact) mass is 554 g/mol. The lowest BCUT2D eigenvalue weighted by atomic mass is 10.2. The third-order valence-corrected chi connectivity index (χ3v) is 5.74. The van der Waals surface area contributed by atoms with E-state index in [1.54, 1.807) is 48.1 Å². The van der Waals surface area contributed by atoms with Crippen LogP contribution in [0.25, 0.3) is 16.7 Å². The fraction of sp³-hybridized carbons (Fsp3) is 0.269. The number of halogens is 1. The highest BCUT2D eigenvalue weighted by atomic mass is 79.9. The zero-order valence-electron chi connectivity index (χ0n) is 20.4. The van der Waals surface area contributed by atoms with Gasteiger partial charge in [-0.1, -0.05) is 52.9 Å². The molecule has 3 aromatic heterocycles. The van der Waals surface area contributed by atoms with Crippen molar-refractivity contribution < 1.29 is 19.1 Å². The summed E-state index contributed by atoms with van der Waals surface area (Å²) in [6.45, 7) is 7.66. The topological polar surface area (TPSA) is 104 Å². The molecule has 0 atom stereocenters.